The summed E-state index contributed by atoms with van der Waals surface area (Å²) in [5, 5.41) is 56.1. The van der Waals surface area contributed by atoms with Gasteiger partial charge < -0.3 is 41.7 Å². The molecule has 0 radical (unpaired) electrons. The van der Waals surface area contributed by atoms with E-state index in [0.29, 0.717) is 70.5 Å². The van der Waals surface area contributed by atoms with Gasteiger partial charge in [0.05, 0.1) is 93.5 Å². The third-order valence-electron chi connectivity index (χ3n) is 16.7. The van der Waals surface area contributed by atoms with E-state index in [1.54, 1.807) is 70.1 Å². The van der Waals surface area contributed by atoms with Crippen LogP contribution in [0, 0.1) is 17.8 Å². The minimum absolute atomic E-state index is 0.00693. The van der Waals surface area contributed by atoms with Gasteiger partial charge in [-0.15, -0.1) is 45.3 Å². The minimum atomic E-state index is -0.183. The van der Waals surface area contributed by atoms with E-state index in [2.05, 4.69) is 46.2 Å². The van der Waals surface area contributed by atoms with Crippen LogP contribution in [0.25, 0.3) is 87.3 Å². The van der Waals surface area contributed by atoms with Gasteiger partial charge in [0.1, 0.15) is 22.8 Å². The van der Waals surface area contributed by atoms with Crippen LogP contribution in [0.2, 0.25) is 0 Å². The van der Waals surface area contributed by atoms with E-state index in [1.807, 2.05) is 195 Å². The molecule has 12 aromatic rings. The van der Waals surface area contributed by atoms with Crippen molar-refractivity contribution >= 4 is 92.2 Å². The lowest BCUT2D eigenvalue weighted by molar-refractivity contribution is -0.119. The molecule has 0 saturated heterocycles. The number of hydrogen-bond donors (Lipinski definition) is 8. The second-order valence-corrected chi connectivity index (χ2v) is 28.8. The summed E-state index contributed by atoms with van der Waals surface area (Å²) in [5.74, 6) is 2.32. The molecule has 1 fully saturated rings. The summed E-state index contributed by atoms with van der Waals surface area (Å²) in [7, 11) is 0. The van der Waals surface area contributed by atoms with Crippen molar-refractivity contribution in [2.24, 2.45) is 17.8 Å². The molecule has 8 N–H and O–H groups in total. The smallest absolute Gasteiger partial charge is 0.228 e. The van der Waals surface area contributed by atoms with E-state index in [0.717, 1.165) is 100 Å². The zero-order valence-corrected chi connectivity index (χ0v) is 61.6. The first-order valence-electron chi connectivity index (χ1n) is 34.2. The highest BCUT2D eigenvalue weighted by atomic mass is 32.1. The number of aromatic nitrogens is 8. The number of aliphatic hydroxyl groups excluding tert-OH is 4. The molecule has 534 valence electrons. The zero-order valence-electron chi connectivity index (χ0n) is 58.3. The van der Waals surface area contributed by atoms with Crippen molar-refractivity contribution in [2.75, 3.05) is 21.3 Å². The lowest BCUT2D eigenvalue weighted by Gasteiger charge is -2.21. The molecule has 0 aliphatic heterocycles. The molecular weight excluding hydrogens is 1390 g/mol. The highest BCUT2D eigenvalue weighted by molar-refractivity contribution is 7.14. The van der Waals surface area contributed by atoms with Crippen molar-refractivity contribution in [3.8, 4) is 87.3 Å². The molecule has 8 heterocycles. The number of hydrogen-bond acceptors (Lipinski definition) is 20. The molecule has 8 aromatic heterocycles. The summed E-state index contributed by atoms with van der Waals surface area (Å²) in [5.41, 5.74) is 12.6. The number of carbonyl (C=O) groups is 4. The maximum atomic E-state index is 12.6. The minimum Gasteiger partial charge on any atom is -0.392 e. The van der Waals surface area contributed by atoms with E-state index >= 15 is 0 Å². The van der Waals surface area contributed by atoms with Crippen molar-refractivity contribution in [1.82, 2.24) is 39.9 Å². The zero-order chi connectivity index (χ0) is 73.3. The predicted octanol–water partition coefficient (Wildman–Crippen LogP) is 17.3. The summed E-state index contributed by atoms with van der Waals surface area (Å²) >= 11 is 6.23. The van der Waals surface area contributed by atoms with Gasteiger partial charge >= 0.3 is 0 Å². The molecule has 0 bridgehead atoms. The number of rotatable bonds is 22. The van der Waals surface area contributed by atoms with Gasteiger partial charge in [0.15, 0.2) is 23.3 Å². The SMILES string of the molecule is CC(=O)Nc1ncc(-c2ccc(CO)cc2)nc1-c1cccs1.CC(C)CC(=O)Nc1ncc(-c2ccc(CO)cc2)nc1-c1cccs1.CCC(C)C(=O)Nc1ncc(-c2ccc(CO)cc2)nc1-c1cccs1.O=C(CC1CCCCC1)Nc1ncc(-c2ccc(CO)cc2)nc1-c1cccs1. The number of benzene rings is 4. The van der Waals surface area contributed by atoms with Crippen molar-refractivity contribution in [1.29, 1.82) is 0 Å². The summed E-state index contributed by atoms with van der Waals surface area (Å²) in [6.45, 7) is 9.36. The molecule has 1 atom stereocenters. The molecule has 1 unspecified atom stereocenters. The average Bonchev–Trinajstić information content (AvgIpc) is 1.34. The van der Waals surface area contributed by atoms with Crippen molar-refractivity contribution < 1.29 is 39.6 Å². The highest BCUT2D eigenvalue weighted by Crippen LogP contribution is 2.37. The van der Waals surface area contributed by atoms with Gasteiger partial charge in [-0.05, 0) is 99.1 Å². The van der Waals surface area contributed by atoms with E-state index in [-0.39, 0.29) is 61.9 Å². The quantitative estimate of drug-likeness (QED) is 0.0313. The Balaban J connectivity index is 0.000000149. The van der Waals surface area contributed by atoms with Crippen LogP contribution in [0.4, 0.5) is 23.3 Å². The van der Waals surface area contributed by atoms with Crippen LogP contribution in [0.15, 0.2) is 192 Å². The molecular formula is C80H82N12O8S4. The Kier molecular flexibility index (Phi) is 28.1. The fourth-order valence-corrected chi connectivity index (χ4v) is 13.8. The van der Waals surface area contributed by atoms with Crippen LogP contribution < -0.4 is 21.3 Å². The molecule has 13 rings (SSSR count). The molecule has 1 aliphatic rings. The van der Waals surface area contributed by atoms with E-state index < -0.39 is 0 Å². The van der Waals surface area contributed by atoms with Gasteiger partial charge in [0.2, 0.25) is 23.6 Å². The lowest BCUT2D eigenvalue weighted by atomic mass is 9.87. The molecule has 24 heteroatoms. The average molecular weight is 1470 g/mol. The molecule has 4 aromatic carbocycles. The topological polar surface area (TPSA) is 300 Å². The van der Waals surface area contributed by atoms with Gasteiger partial charge in [-0.25, -0.2) is 39.9 Å². The standard InChI is InChI=1S/C23H25N3O2S.2C20H21N3O2S.C17H15N3O2S/c27-15-17-8-10-18(11-9-17)19-14-24-23(22(25-19)20-7-4-12-29-20)26-21(28)13-16-5-2-1-3-6-16;1-13(2)10-18(25)23-20-19(17-4-3-9-26-17)22-16(11-21-20)15-7-5-14(12-24)6-8-15;1-3-13(2)20(25)23-19-18(17-5-4-10-26-17)22-16(11-21-19)15-8-6-14(12-24)7-9-15;1-11(22)19-17-16(15-3-2-8-23-15)20-14(9-18-17)13-6-4-12(10-21)5-7-13/h4,7-12,14,16,27H,1-3,5-6,13,15H2,(H,24,26,28);3-9,11,13,24H,10,12H2,1-2H3,(H,21,23,25);4-11,13,24H,3,12H2,1-2H3,(H,21,23,25);2-9,21H,10H2,1H3,(H,18,19,22). The van der Waals surface area contributed by atoms with Crippen LogP contribution in [-0.4, -0.2) is 83.9 Å². The van der Waals surface area contributed by atoms with Crippen molar-refractivity contribution in [3.05, 3.63) is 214 Å². The molecule has 1 aliphatic carbocycles. The second-order valence-electron chi connectivity index (χ2n) is 25.0. The molecule has 20 nitrogen and oxygen atoms in total. The number of nitrogens with one attached hydrogen (secondary N) is 4. The Hall–Kier alpha value is -10.3. The monoisotopic (exact) mass is 1470 g/mol. The Labute approximate surface area is 620 Å². The Morgan fingerprint density at radius 2 is 0.731 bits per heavy atom. The number of anilines is 4. The molecule has 1 saturated carbocycles. The largest absolute Gasteiger partial charge is 0.392 e. The van der Waals surface area contributed by atoms with Crippen LogP contribution >= 0.6 is 45.3 Å². The molecule has 104 heavy (non-hydrogen) atoms. The van der Waals surface area contributed by atoms with Crippen LogP contribution in [0.1, 0.15) is 108 Å². The Bertz CT molecular complexity index is 4710. The van der Waals surface area contributed by atoms with E-state index in [9.17, 15) is 34.5 Å². The van der Waals surface area contributed by atoms with Crippen molar-refractivity contribution in [2.45, 2.75) is 112 Å². The van der Waals surface area contributed by atoms with Gasteiger partial charge in [-0.1, -0.05) is 168 Å². The molecule has 0 spiro atoms. The third-order valence-corrected chi connectivity index (χ3v) is 20.2. The van der Waals surface area contributed by atoms with E-state index in [1.165, 1.54) is 26.2 Å². The van der Waals surface area contributed by atoms with Crippen molar-refractivity contribution in [3.63, 3.8) is 0 Å². The van der Waals surface area contributed by atoms with Gasteiger partial charge in [0, 0.05) is 47.9 Å². The summed E-state index contributed by atoms with van der Waals surface area (Å²) in [4.78, 5) is 89.1. The Morgan fingerprint density at radius 3 is 1.01 bits per heavy atom. The third kappa shape index (κ3) is 21.4. The van der Waals surface area contributed by atoms with Crippen LogP contribution in [0.5, 0.6) is 0 Å². The first kappa shape index (κ1) is 76.4. The van der Waals surface area contributed by atoms with Gasteiger partial charge in [-0.3, -0.25) is 19.2 Å². The second kappa shape index (κ2) is 38.3. The number of nitrogens with zero attached hydrogens (tertiary/aromatic N) is 8. The maximum absolute atomic E-state index is 12.6. The highest BCUT2D eigenvalue weighted by Gasteiger charge is 2.23. The first-order chi connectivity index (χ1) is 50.6. The summed E-state index contributed by atoms with van der Waals surface area (Å²) in [6.07, 6.45) is 14.4. The van der Waals surface area contributed by atoms with Crippen LogP contribution in [-0.2, 0) is 45.6 Å². The van der Waals surface area contributed by atoms with E-state index in [4.69, 9.17) is 20.1 Å². The normalized spacial score (nSPS) is 12.1. The van der Waals surface area contributed by atoms with Gasteiger partial charge in [0.25, 0.3) is 0 Å². The number of amides is 4. The molecule has 4 amide bonds. The Morgan fingerprint density at radius 1 is 0.423 bits per heavy atom. The number of carbonyl (C=O) groups excluding carboxylic acids is 4. The summed E-state index contributed by atoms with van der Waals surface area (Å²) < 4.78 is 0. The fourth-order valence-electron chi connectivity index (χ4n) is 10.9. The van der Waals surface area contributed by atoms with Gasteiger partial charge in [-0.2, -0.15) is 0 Å². The number of thiophene rings is 4. The maximum Gasteiger partial charge on any atom is 0.228 e. The number of aliphatic hydroxyl groups is 4. The first-order valence-corrected chi connectivity index (χ1v) is 37.7. The summed E-state index contributed by atoms with van der Waals surface area (Å²) in [6, 6.07) is 45.8. The van der Waals surface area contributed by atoms with Crippen LogP contribution in [0.3, 0.4) is 0 Å². The predicted molar refractivity (Wildman–Crippen MR) is 417 cm³/mol. The lowest BCUT2D eigenvalue weighted by Crippen LogP contribution is -2.21. The fraction of sp³-hybridized carbons (Fsp3) is 0.250.